The Bertz CT molecular complexity index is 968. The Hall–Kier alpha value is -2.45. The molecule has 0 aromatic carbocycles. The van der Waals surface area contributed by atoms with E-state index in [1.807, 2.05) is 0 Å². The van der Waals surface area contributed by atoms with Gasteiger partial charge in [0.05, 0.1) is 40.3 Å². The minimum atomic E-state index is -1.13. The zero-order chi connectivity index (χ0) is 39.3. The van der Waals surface area contributed by atoms with Crippen LogP contribution in [0.1, 0.15) is 181 Å². The molecule has 308 valence electrons. The summed E-state index contributed by atoms with van der Waals surface area (Å²) in [6, 6.07) is -0.730. The number of unbranched alkanes of at least 4 members (excludes halogenated alkanes) is 18. The lowest BCUT2D eigenvalue weighted by Crippen LogP contribution is -2.55. The van der Waals surface area contributed by atoms with E-state index >= 15 is 0 Å². The molecule has 0 aromatic rings. The maximum Gasteiger partial charge on any atom is 0.306 e. The maximum absolute atomic E-state index is 12.6. The van der Waals surface area contributed by atoms with Gasteiger partial charge in [-0.05, 0) is 44.9 Å². The second kappa shape index (κ2) is 36.5. The van der Waals surface area contributed by atoms with Crippen LogP contribution in [0.2, 0.25) is 0 Å². The summed E-state index contributed by atoms with van der Waals surface area (Å²) in [5, 5.41) is 11.6. The molecule has 0 aromatic heterocycles. The standard InChI is InChI=1S/C45H81NO7/c1-6-8-10-12-14-16-18-20-21-22-23-24-26-27-29-31-33-35-43(47)52-40-41(39-51-38-37-42(45(49)50)46(3,4)5)53-44(48)36-34-32-30-28-25-19-17-15-13-11-9-7-2/h9,11,15,17,25,28,41-42H,6-8,10,12-14,16,18-24,26-27,29-40H2,1-5H3/b11-9+,17-15+,28-25+. The van der Waals surface area contributed by atoms with E-state index in [2.05, 4.69) is 50.3 Å². The van der Waals surface area contributed by atoms with Crippen LogP contribution in [-0.2, 0) is 28.6 Å². The second-order valence-corrected chi connectivity index (χ2v) is 15.6. The molecule has 0 rings (SSSR count). The first-order valence-corrected chi connectivity index (χ1v) is 21.5. The summed E-state index contributed by atoms with van der Waals surface area (Å²) in [5.41, 5.74) is 0. The number of aliphatic carboxylic acids is 1. The van der Waals surface area contributed by atoms with Crippen LogP contribution in [0.15, 0.2) is 36.5 Å². The number of esters is 2. The third kappa shape index (κ3) is 35.0. The highest BCUT2D eigenvalue weighted by Gasteiger charge is 2.25. The molecule has 0 amide bonds. The van der Waals surface area contributed by atoms with Gasteiger partial charge < -0.3 is 28.6 Å². The van der Waals surface area contributed by atoms with Crippen molar-refractivity contribution in [3.05, 3.63) is 36.5 Å². The van der Waals surface area contributed by atoms with Gasteiger partial charge in [-0.25, -0.2) is 0 Å². The van der Waals surface area contributed by atoms with E-state index in [0.717, 1.165) is 51.4 Å². The summed E-state index contributed by atoms with van der Waals surface area (Å²) in [4.78, 5) is 36.8. The summed E-state index contributed by atoms with van der Waals surface area (Å²) in [5.74, 6) is -1.78. The van der Waals surface area contributed by atoms with Crippen molar-refractivity contribution >= 4 is 17.9 Å². The van der Waals surface area contributed by atoms with Gasteiger partial charge >= 0.3 is 11.9 Å². The fraction of sp³-hybridized carbons (Fsp3) is 0.800. The number of carboxylic acids is 1. The fourth-order valence-corrected chi connectivity index (χ4v) is 6.20. The van der Waals surface area contributed by atoms with Crippen LogP contribution in [0.5, 0.6) is 0 Å². The van der Waals surface area contributed by atoms with Gasteiger partial charge in [0.2, 0.25) is 0 Å². The summed E-state index contributed by atoms with van der Waals surface area (Å²) < 4.78 is 17.1. The van der Waals surface area contributed by atoms with Crippen molar-refractivity contribution in [2.75, 3.05) is 41.0 Å². The van der Waals surface area contributed by atoms with Gasteiger partial charge in [-0.15, -0.1) is 0 Å². The number of hydrogen-bond donors (Lipinski definition) is 0. The highest BCUT2D eigenvalue weighted by molar-refractivity contribution is 5.70. The van der Waals surface area contributed by atoms with Gasteiger partial charge in [-0.3, -0.25) is 9.59 Å². The minimum absolute atomic E-state index is 0.0273. The molecule has 2 unspecified atom stereocenters. The number of carboxylic acid groups (broad SMARTS) is 1. The van der Waals surface area contributed by atoms with Gasteiger partial charge in [0.1, 0.15) is 12.6 Å². The molecular formula is C45H81NO7. The predicted octanol–water partition coefficient (Wildman–Crippen LogP) is 10.1. The van der Waals surface area contributed by atoms with E-state index in [4.69, 9.17) is 14.2 Å². The van der Waals surface area contributed by atoms with Crippen molar-refractivity contribution in [2.24, 2.45) is 0 Å². The number of quaternary nitrogens is 1. The molecule has 0 radical (unpaired) electrons. The van der Waals surface area contributed by atoms with Crippen LogP contribution in [0.25, 0.3) is 0 Å². The van der Waals surface area contributed by atoms with E-state index in [9.17, 15) is 19.5 Å². The number of ether oxygens (including phenoxy) is 3. The van der Waals surface area contributed by atoms with Crippen LogP contribution >= 0.6 is 0 Å². The smallest absolute Gasteiger partial charge is 0.306 e. The second-order valence-electron chi connectivity index (χ2n) is 15.6. The Morgan fingerprint density at radius 2 is 1.06 bits per heavy atom. The molecule has 8 heteroatoms. The molecule has 0 saturated heterocycles. The molecular weight excluding hydrogens is 666 g/mol. The average molecular weight is 748 g/mol. The third-order valence-electron chi connectivity index (χ3n) is 9.54. The molecule has 0 fully saturated rings. The highest BCUT2D eigenvalue weighted by atomic mass is 16.6. The number of likely N-dealkylation sites (N-methyl/N-ethyl adjacent to an activating group) is 1. The molecule has 0 saturated carbocycles. The quantitative estimate of drug-likeness (QED) is 0.0268. The van der Waals surface area contributed by atoms with E-state index in [0.29, 0.717) is 12.8 Å². The average Bonchev–Trinajstić information content (AvgIpc) is 3.11. The molecule has 0 heterocycles. The van der Waals surface area contributed by atoms with E-state index in [-0.39, 0.29) is 49.1 Å². The molecule has 0 aliphatic carbocycles. The number of nitrogens with zero attached hydrogens (tertiary/aromatic N) is 1. The normalized spacial score (nSPS) is 13.3. The van der Waals surface area contributed by atoms with Gasteiger partial charge in [-0.2, -0.15) is 0 Å². The van der Waals surface area contributed by atoms with Crippen LogP contribution < -0.4 is 5.11 Å². The van der Waals surface area contributed by atoms with Gasteiger partial charge in [0, 0.05) is 19.3 Å². The topological polar surface area (TPSA) is 102 Å². The fourth-order valence-electron chi connectivity index (χ4n) is 6.20. The lowest BCUT2D eigenvalue weighted by atomic mass is 10.0. The molecule has 0 aliphatic rings. The Morgan fingerprint density at radius 1 is 0.585 bits per heavy atom. The molecule has 2 atom stereocenters. The van der Waals surface area contributed by atoms with Crippen LogP contribution in [0, 0.1) is 0 Å². The Morgan fingerprint density at radius 3 is 1.57 bits per heavy atom. The number of rotatable bonds is 38. The Kier molecular flexibility index (Phi) is 34.8. The zero-order valence-corrected chi connectivity index (χ0v) is 34.9. The lowest BCUT2D eigenvalue weighted by Gasteiger charge is -2.34. The minimum Gasteiger partial charge on any atom is -0.544 e. The monoisotopic (exact) mass is 748 g/mol. The molecule has 0 bridgehead atoms. The Labute approximate surface area is 325 Å². The van der Waals surface area contributed by atoms with E-state index in [1.165, 1.54) is 89.9 Å². The van der Waals surface area contributed by atoms with Crippen molar-refractivity contribution in [1.82, 2.24) is 0 Å². The molecule has 53 heavy (non-hydrogen) atoms. The van der Waals surface area contributed by atoms with Crippen LogP contribution in [0.4, 0.5) is 0 Å². The maximum atomic E-state index is 12.6. The third-order valence-corrected chi connectivity index (χ3v) is 9.54. The molecule has 0 spiro atoms. The van der Waals surface area contributed by atoms with Gasteiger partial charge in [-0.1, -0.05) is 153 Å². The molecule has 8 nitrogen and oxygen atoms in total. The lowest BCUT2D eigenvalue weighted by molar-refractivity contribution is -0.889. The number of allylic oxidation sites excluding steroid dienone is 6. The van der Waals surface area contributed by atoms with Gasteiger partial charge in [0.25, 0.3) is 0 Å². The highest BCUT2D eigenvalue weighted by Crippen LogP contribution is 2.15. The van der Waals surface area contributed by atoms with Crippen molar-refractivity contribution < 1.29 is 38.2 Å². The molecule has 0 aliphatic heterocycles. The summed E-state index contributed by atoms with van der Waals surface area (Å²) in [6.07, 6.45) is 40.3. The molecule has 0 N–H and O–H groups in total. The van der Waals surface area contributed by atoms with Gasteiger partial charge in [0.15, 0.2) is 6.10 Å². The van der Waals surface area contributed by atoms with Crippen molar-refractivity contribution in [3.8, 4) is 0 Å². The van der Waals surface area contributed by atoms with Crippen molar-refractivity contribution in [1.29, 1.82) is 0 Å². The predicted molar refractivity (Wildman–Crippen MR) is 217 cm³/mol. The SMILES string of the molecule is CC/C=C/C/C=C/C/C=C/CCCCC(=O)OC(COCCC(C(=O)[O-])[N+](C)(C)C)COC(=O)CCCCCCCCCCCCCCCCCCC. The van der Waals surface area contributed by atoms with Crippen molar-refractivity contribution in [2.45, 2.75) is 193 Å². The first-order valence-electron chi connectivity index (χ1n) is 21.5. The number of carbonyl (C=O) groups is 3. The summed E-state index contributed by atoms with van der Waals surface area (Å²) in [7, 11) is 5.39. The number of hydrogen-bond acceptors (Lipinski definition) is 7. The number of carbonyl (C=O) groups excluding carboxylic acids is 3. The summed E-state index contributed by atoms with van der Waals surface area (Å²) in [6.45, 7) is 4.51. The van der Waals surface area contributed by atoms with Crippen molar-refractivity contribution in [3.63, 3.8) is 0 Å². The largest absolute Gasteiger partial charge is 0.544 e. The first-order chi connectivity index (χ1) is 25.6. The van der Waals surface area contributed by atoms with Crippen LogP contribution in [-0.4, -0.2) is 75.5 Å². The zero-order valence-electron chi connectivity index (χ0n) is 34.9. The van der Waals surface area contributed by atoms with E-state index < -0.39 is 18.1 Å². The first kappa shape index (κ1) is 50.5. The Balaban J connectivity index is 4.34. The summed E-state index contributed by atoms with van der Waals surface area (Å²) >= 11 is 0. The van der Waals surface area contributed by atoms with Crippen LogP contribution in [0.3, 0.4) is 0 Å². The van der Waals surface area contributed by atoms with E-state index in [1.54, 1.807) is 21.1 Å².